The van der Waals surface area contributed by atoms with E-state index in [0.29, 0.717) is 11.1 Å². The number of pyridine rings is 1. The Kier molecular flexibility index (Phi) is 3.58. The summed E-state index contributed by atoms with van der Waals surface area (Å²) in [5, 5.41) is 0.322. The van der Waals surface area contributed by atoms with Gasteiger partial charge in [-0.1, -0.05) is 0 Å². The highest BCUT2D eigenvalue weighted by Crippen LogP contribution is 2.40. The molecule has 0 saturated heterocycles. The van der Waals surface area contributed by atoms with Crippen molar-refractivity contribution in [3.05, 3.63) is 23.9 Å². The second-order valence-electron chi connectivity index (χ2n) is 3.89. The molecule has 2 rings (SSSR count). The number of hydrogen-bond donors (Lipinski definition) is 2. The lowest BCUT2D eigenvalue weighted by Gasteiger charge is -2.15. The van der Waals surface area contributed by atoms with Gasteiger partial charge in [-0.3, -0.25) is 5.84 Å². The van der Waals surface area contributed by atoms with E-state index >= 15 is 0 Å². The Morgan fingerprint density at radius 3 is 2.25 bits per heavy atom. The van der Waals surface area contributed by atoms with Gasteiger partial charge in [-0.15, -0.1) is 0 Å². The summed E-state index contributed by atoms with van der Waals surface area (Å²) in [6.45, 7) is 0. The van der Waals surface area contributed by atoms with Gasteiger partial charge in [0, 0.05) is 0 Å². The van der Waals surface area contributed by atoms with Crippen molar-refractivity contribution in [1.29, 1.82) is 0 Å². The average molecular weight is 287 g/mol. The Morgan fingerprint density at radius 1 is 1.15 bits per heavy atom. The maximum Gasteiger partial charge on any atom is 0.433 e. The fourth-order valence-corrected chi connectivity index (χ4v) is 1.88. The molecule has 5 nitrogen and oxygen atoms in total. The van der Waals surface area contributed by atoms with Gasteiger partial charge in [-0.2, -0.15) is 13.2 Å². The summed E-state index contributed by atoms with van der Waals surface area (Å²) in [7, 11) is 2.75. The van der Waals surface area contributed by atoms with E-state index in [1.54, 1.807) is 6.07 Å². The summed E-state index contributed by atoms with van der Waals surface area (Å²) in [5.41, 5.74) is 1.24. The van der Waals surface area contributed by atoms with Crippen LogP contribution < -0.4 is 20.7 Å². The fourth-order valence-electron chi connectivity index (χ4n) is 1.88. The molecular weight excluding hydrogens is 275 g/mol. The van der Waals surface area contributed by atoms with Gasteiger partial charge in [0.1, 0.15) is 22.7 Å². The van der Waals surface area contributed by atoms with Gasteiger partial charge in [0.15, 0.2) is 0 Å². The molecule has 0 saturated carbocycles. The number of hydrogen-bond acceptors (Lipinski definition) is 5. The molecule has 0 bridgehead atoms. The minimum Gasteiger partial charge on any atom is -0.496 e. The Morgan fingerprint density at radius 2 is 1.75 bits per heavy atom. The molecular formula is C12H12F3N3O2. The van der Waals surface area contributed by atoms with Crippen LogP contribution >= 0.6 is 0 Å². The summed E-state index contributed by atoms with van der Waals surface area (Å²) in [5.74, 6) is 5.84. The first kappa shape index (κ1) is 14.2. The third-order valence-corrected chi connectivity index (χ3v) is 2.77. The van der Waals surface area contributed by atoms with E-state index < -0.39 is 11.9 Å². The molecule has 3 N–H and O–H groups in total. The topological polar surface area (TPSA) is 69.4 Å². The quantitative estimate of drug-likeness (QED) is 0.670. The highest BCUT2D eigenvalue weighted by molar-refractivity contribution is 5.99. The zero-order chi connectivity index (χ0) is 14.9. The van der Waals surface area contributed by atoms with Gasteiger partial charge in [0.2, 0.25) is 0 Å². The predicted octanol–water partition coefficient (Wildman–Crippen LogP) is 2.56. The molecule has 0 aliphatic rings. The van der Waals surface area contributed by atoms with E-state index in [0.717, 1.165) is 6.07 Å². The molecule has 1 heterocycles. The summed E-state index contributed by atoms with van der Waals surface area (Å²) in [4.78, 5) is 3.61. The molecule has 0 spiro atoms. The molecule has 0 radical (unpaired) electrons. The first-order valence-electron chi connectivity index (χ1n) is 5.52. The average Bonchev–Trinajstić information content (AvgIpc) is 2.43. The van der Waals surface area contributed by atoms with Gasteiger partial charge < -0.3 is 14.9 Å². The minimum atomic E-state index is -4.59. The van der Waals surface area contributed by atoms with Crippen LogP contribution in [0, 0.1) is 0 Å². The molecule has 1 aromatic heterocycles. The second kappa shape index (κ2) is 5.04. The lowest BCUT2D eigenvalue weighted by Crippen LogP contribution is -2.13. The fraction of sp³-hybridized carbons (Fsp3) is 0.250. The minimum absolute atomic E-state index is 0.0228. The summed E-state index contributed by atoms with van der Waals surface area (Å²) >= 11 is 0. The molecule has 0 amide bonds. The predicted molar refractivity (Wildman–Crippen MR) is 67.7 cm³/mol. The first-order chi connectivity index (χ1) is 9.42. The van der Waals surface area contributed by atoms with Crippen LogP contribution in [0.15, 0.2) is 18.2 Å². The van der Waals surface area contributed by atoms with Crippen LogP contribution in [0.4, 0.5) is 18.9 Å². The van der Waals surface area contributed by atoms with Gasteiger partial charge in [0.05, 0.1) is 25.3 Å². The Labute approximate surface area is 112 Å². The standard InChI is InChI=1S/C12H12F3N3O2/c1-19-7-3-4-8(20-2)11-10(7)6(18-16)5-9(17-11)12(13,14)15/h3-5H,16H2,1-2H3,(H,17,18). The number of nitrogens with one attached hydrogen (secondary N) is 1. The van der Waals surface area contributed by atoms with Crippen molar-refractivity contribution in [2.75, 3.05) is 19.6 Å². The molecule has 8 heteroatoms. The van der Waals surface area contributed by atoms with Crippen molar-refractivity contribution in [2.45, 2.75) is 6.18 Å². The molecule has 20 heavy (non-hydrogen) atoms. The van der Waals surface area contributed by atoms with E-state index in [9.17, 15) is 13.2 Å². The number of aromatic nitrogens is 1. The van der Waals surface area contributed by atoms with Crippen LogP contribution in [0.1, 0.15) is 5.69 Å². The summed E-state index contributed by atoms with van der Waals surface area (Å²) in [6, 6.07) is 3.87. The Hall–Kier alpha value is -2.22. The third kappa shape index (κ3) is 2.29. The summed E-state index contributed by atoms with van der Waals surface area (Å²) in [6.07, 6.45) is -4.59. The number of rotatable bonds is 3. The number of anilines is 1. The van der Waals surface area contributed by atoms with Crippen molar-refractivity contribution in [1.82, 2.24) is 4.98 Å². The SMILES string of the molecule is COc1ccc(OC)c2c(NN)cc(C(F)(F)F)nc12. The van der Waals surface area contributed by atoms with E-state index in [2.05, 4.69) is 10.4 Å². The van der Waals surface area contributed by atoms with Crippen molar-refractivity contribution >= 4 is 16.6 Å². The van der Waals surface area contributed by atoms with Crippen LogP contribution in [0.5, 0.6) is 11.5 Å². The number of halogens is 3. The third-order valence-electron chi connectivity index (χ3n) is 2.77. The molecule has 108 valence electrons. The smallest absolute Gasteiger partial charge is 0.433 e. The van der Waals surface area contributed by atoms with Crippen molar-refractivity contribution < 1.29 is 22.6 Å². The van der Waals surface area contributed by atoms with Crippen molar-refractivity contribution in [3.8, 4) is 11.5 Å². The number of methoxy groups -OCH3 is 2. The number of fused-ring (bicyclic) bond motifs is 1. The zero-order valence-corrected chi connectivity index (χ0v) is 10.7. The number of ether oxygens (including phenoxy) is 2. The number of nitrogens with zero attached hydrogens (tertiary/aromatic N) is 1. The molecule has 0 fully saturated rings. The maximum atomic E-state index is 12.8. The zero-order valence-electron chi connectivity index (χ0n) is 10.7. The van der Waals surface area contributed by atoms with Crippen LogP contribution in [0.25, 0.3) is 10.9 Å². The number of hydrazine groups is 1. The Bertz CT molecular complexity index is 644. The van der Waals surface area contributed by atoms with Crippen LogP contribution in [-0.4, -0.2) is 19.2 Å². The number of alkyl halides is 3. The maximum absolute atomic E-state index is 12.8. The van der Waals surface area contributed by atoms with Gasteiger partial charge in [-0.25, -0.2) is 4.98 Å². The van der Waals surface area contributed by atoms with Gasteiger partial charge in [0.25, 0.3) is 0 Å². The normalized spacial score (nSPS) is 11.5. The van der Waals surface area contributed by atoms with E-state index in [1.807, 2.05) is 0 Å². The van der Waals surface area contributed by atoms with Gasteiger partial charge >= 0.3 is 6.18 Å². The molecule has 2 aromatic rings. The largest absolute Gasteiger partial charge is 0.496 e. The second-order valence-corrected chi connectivity index (χ2v) is 3.89. The van der Waals surface area contributed by atoms with Crippen LogP contribution in [0.2, 0.25) is 0 Å². The Balaban J connectivity index is 2.89. The summed E-state index contributed by atoms with van der Waals surface area (Å²) < 4.78 is 48.7. The molecule has 0 aliphatic heterocycles. The number of nitrogen functional groups attached to an aromatic ring is 1. The van der Waals surface area contributed by atoms with Crippen LogP contribution in [0.3, 0.4) is 0 Å². The molecule has 0 unspecified atom stereocenters. The van der Waals surface area contributed by atoms with E-state index in [1.165, 1.54) is 20.3 Å². The van der Waals surface area contributed by atoms with E-state index in [-0.39, 0.29) is 17.0 Å². The van der Waals surface area contributed by atoms with Gasteiger partial charge in [-0.05, 0) is 18.2 Å². The van der Waals surface area contributed by atoms with Crippen molar-refractivity contribution in [2.24, 2.45) is 5.84 Å². The molecule has 0 aliphatic carbocycles. The number of nitrogens with two attached hydrogens (primary N) is 1. The number of benzene rings is 1. The first-order valence-corrected chi connectivity index (χ1v) is 5.52. The lowest BCUT2D eigenvalue weighted by atomic mass is 10.1. The monoisotopic (exact) mass is 287 g/mol. The van der Waals surface area contributed by atoms with Crippen LogP contribution in [-0.2, 0) is 6.18 Å². The highest BCUT2D eigenvalue weighted by Gasteiger charge is 2.34. The van der Waals surface area contributed by atoms with E-state index in [4.69, 9.17) is 15.3 Å². The lowest BCUT2D eigenvalue weighted by molar-refractivity contribution is -0.140. The highest BCUT2D eigenvalue weighted by atomic mass is 19.4. The molecule has 0 atom stereocenters. The molecule has 1 aromatic carbocycles. The van der Waals surface area contributed by atoms with Crippen molar-refractivity contribution in [3.63, 3.8) is 0 Å².